The highest BCUT2D eigenvalue weighted by atomic mass is 16.7. The average Bonchev–Trinajstić information content (AvgIpc) is 3.25. The summed E-state index contributed by atoms with van der Waals surface area (Å²) in [6, 6.07) is 0. The van der Waals surface area contributed by atoms with Gasteiger partial charge < -0.3 is 24.1 Å². The Balaban J connectivity index is 1.48. The number of aliphatic hydroxyl groups is 1. The van der Waals surface area contributed by atoms with Crippen molar-refractivity contribution < 1.29 is 28.8 Å². The summed E-state index contributed by atoms with van der Waals surface area (Å²) in [6.45, 7) is 12.8. The van der Waals surface area contributed by atoms with Gasteiger partial charge in [0.2, 0.25) is 0 Å². The van der Waals surface area contributed by atoms with Gasteiger partial charge >= 0.3 is 5.97 Å². The van der Waals surface area contributed by atoms with Crippen LogP contribution in [-0.4, -0.2) is 48.9 Å². The molecule has 1 heterocycles. The molecule has 6 nitrogen and oxygen atoms in total. The minimum absolute atomic E-state index is 0.0504. The number of allylic oxidation sites excluding steroid dienone is 4. The fourth-order valence-electron chi connectivity index (χ4n) is 6.46. The third kappa shape index (κ3) is 11.0. The molecule has 3 aliphatic rings. The normalized spacial score (nSPS) is 29.4. The maximum absolute atomic E-state index is 11.9. The number of carbonyl (C=O) groups is 1. The molecule has 0 aromatic carbocycles. The molecular weight excluding hydrogens is 504 g/mol. The average molecular weight is 561 g/mol. The first-order chi connectivity index (χ1) is 19.3. The Kier molecular flexibility index (Phi) is 14.3. The zero-order valence-electron chi connectivity index (χ0n) is 25.7. The van der Waals surface area contributed by atoms with Gasteiger partial charge in [-0.2, -0.15) is 0 Å². The molecule has 228 valence electrons. The molecule has 7 atom stereocenters. The van der Waals surface area contributed by atoms with E-state index in [0.717, 1.165) is 64.4 Å². The predicted octanol–water partition coefficient (Wildman–Crippen LogP) is 7.66. The molecule has 1 aliphatic heterocycles. The summed E-state index contributed by atoms with van der Waals surface area (Å²) in [5.41, 5.74) is 1.42. The van der Waals surface area contributed by atoms with Crippen molar-refractivity contribution in [3.8, 4) is 0 Å². The molecule has 1 saturated heterocycles. The fourth-order valence-corrected chi connectivity index (χ4v) is 6.46. The number of aliphatic hydroxyl groups excluding tert-OH is 1. The summed E-state index contributed by atoms with van der Waals surface area (Å²) < 4.78 is 23.2. The number of ether oxygens (including phenoxy) is 4. The Morgan fingerprint density at radius 3 is 2.73 bits per heavy atom. The summed E-state index contributed by atoms with van der Waals surface area (Å²) in [6.07, 6.45) is 20.0. The Morgan fingerprint density at radius 1 is 1.18 bits per heavy atom. The highest BCUT2D eigenvalue weighted by molar-refractivity contribution is 5.71. The summed E-state index contributed by atoms with van der Waals surface area (Å²) in [4.78, 5) is 11.9. The van der Waals surface area contributed by atoms with E-state index < -0.39 is 0 Å². The maximum atomic E-state index is 11.9. The van der Waals surface area contributed by atoms with E-state index in [1.165, 1.54) is 31.3 Å². The van der Waals surface area contributed by atoms with E-state index in [0.29, 0.717) is 23.5 Å². The molecule has 0 radical (unpaired) electrons. The minimum atomic E-state index is -0.373. The highest BCUT2D eigenvalue weighted by Gasteiger charge is 2.44. The Labute approximate surface area is 243 Å². The zero-order chi connectivity index (χ0) is 28.9. The van der Waals surface area contributed by atoms with Gasteiger partial charge in [-0.1, -0.05) is 64.3 Å². The molecule has 2 saturated carbocycles. The van der Waals surface area contributed by atoms with Crippen molar-refractivity contribution >= 4 is 5.97 Å². The Morgan fingerprint density at radius 2 is 2.00 bits per heavy atom. The van der Waals surface area contributed by atoms with E-state index in [1.54, 1.807) is 0 Å². The maximum Gasteiger partial charge on any atom is 0.344 e. The first-order valence-corrected chi connectivity index (χ1v) is 16.1. The van der Waals surface area contributed by atoms with Crippen molar-refractivity contribution in [3.63, 3.8) is 0 Å². The van der Waals surface area contributed by atoms with Gasteiger partial charge in [-0.05, 0) is 101 Å². The van der Waals surface area contributed by atoms with Crippen LogP contribution in [0, 0.1) is 23.7 Å². The number of hydrogen-bond donors (Lipinski definition) is 1. The van der Waals surface area contributed by atoms with Crippen LogP contribution >= 0.6 is 0 Å². The summed E-state index contributed by atoms with van der Waals surface area (Å²) in [5, 5.41) is 11.0. The second-order valence-corrected chi connectivity index (χ2v) is 12.6. The van der Waals surface area contributed by atoms with E-state index >= 15 is 0 Å². The zero-order valence-corrected chi connectivity index (χ0v) is 25.7. The van der Waals surface area contributed by atoms with E-state index in [9.17, 15) is 9.90 Å². The molecular formula is C34H56O6. The second kappa shape index (κ2) is 17.4. The van der Waals surface area contributed by atoms with Gasteiger partial charge in [0, 0.05) is 6.61 Å². The van der Waals surface area contributed by atoms with Crippen molar-refractivity contribution in [2.75, 3.05) is 13.2 Å². The van der Waals surface area contributed by atoms with Gasteiger partial charge in [0.15, 0.2) is 12.9 Å². The molecule has 0 bridgehead atoms. The molecule has 3 fully saturated rings. The number of unbranched alkanes of at least 4 members (excludes halogenated alkanes) is 2. The van der Waals surface area contributed by atoms with Gasteiger partial charge in [0.25, 0.3) is 0 Å². The molecule has 0 amide bonds. The molecule has 2 unspecified atom stereocenters. The third-order valence-corrected chi connectivity index (χ3v) is 9.21. The smallest absolute Gasteiger partial charge is 0.344 e. The lowest BCUT2D eigenvalue weighted by molar-refractivity contribution is -0.191. The Hall–Kier alpha value is -1.63. The molecule has 3 rings (SSSR count). The van der Waals surface area contributed by atoms with E-state index in [1.807, 2.05) is 32.9 Å². The van der Waals surface area contributed by atoms with Gasteiger partial charge in [-0.15, -0.1) is 0 Å². The molecule has 6 heteroatoms. The van der Waals surface area contributed by atoms with Crippen LogP contribution in [0.25, 0.3) is 0 Å². The molecule has 1 N–H and O–H groups in total. The van der Waals surface area contributed by atoms with Crippen LogP contribution in [0.5, 0.6) is 0 Å². The highest BCUT2D eigenvalue weighted by Crippen LogP contribution is 2.49. The van der Waals surface area contributed by atoms with Crippen molar-refractivity contribution in [3.05, 3.63) is 36.1 Å². The lowest BCUT2D eigenvalue weighted by atomic mass is 9.74. The Bertz CT molecular complexity index is 826. The summed E-state index contributed by atoms with van der Waals surface area (Å²) in [7, 11) is 0. The lowest BCUT2D eigenvalue weighted by Gasteiger charge is -2.33. The van der Waals surface area contributed by atoms with Crippen LogP contribution in [0.1, 0.15) is 111 Å². The van der Waals surface area contributed by atoms with E-state index in [2.05, 4.69) is 19.6 Å². The SMILES string of the molecule is C=C(/C=C\C=C1/CC[C@H]2C[C@@H](O)[C@H](CC[C@H](CCCCC)OC3CCCCO3)[C@H]2C1)OCC(=O)OC(C)C(C)C. The number of rotatable bonds is 16. The number of esters is 1. The molecule has 40 heavy (non-hydrogen) atoms. The van der Waals surface area contributed by atoms with Gasteiger partial charge in [0.1, 0.15) is 11.9 Å². The predicted molar refractivity (Wildman–Crippen MR) is 159 cm³/mol. The van der Waals surface area contributed by atoms with Gasteiger partial charge in [0.05, 0.1) is 12.2 Å². The van der Waals surface area contributed by atoms with Crippen molar-refractivity contribution in [1.82, 2.24) is 0 Å². The minimum Gasteiger partial charge on any atom is -0.483 e. The van der Waals surface area contributed by atoms with Gasteiger partial charge in [-0.3, -0.25) is 0 Å². The van der Waals surface area contributed by atoms with Crippen LogP contribution < -0.4 is 0 Å². The van der Waals surface area contributed by atoms with Crippen LogP contribution in [0.4, 0.5) is 0 Å². The van der Waals surface area contributed by atoms with Gasteiger partial charge in [-0.25, -0.2) is 4.79 Å². The number of carbonyl (C=O) groups excluding carboxylic acids is 1. The van der Waals surface area contributed by atoms with Crippen LogP contribution in [0.2, 0.25) is 0 Å². The quantitative estimate of drug-likeness (QED) is 0.0904. The summed E-state index contributed by atoms with van der Waals surface area (Å²) >= 11 is 0. The topological polar surface area (TPSA) is 74.2 Å². The second-order valence-electron chi connectivity index (χ2n) is 12.6. The monoisotopic (exact) mass is 560 g/mol. The lowest BCUT2D eigenvalue weighted by Crippen LogP contribution is -2.30. The molecule has 0 spiro atoms. The molecule has 0 aromatic heterocycles. The van der Waals surface area contributed by atoms with E-state index in [4.69, 9.17) is 18.9 Å². The molecule has 0 aromatic rings. The van der Waals surface area contributed by atoms with Crippen molar-refractivity contribution in [1.29, 1.82) is 0 Å². The van der Waals surface area contributed by atoms with Crippen LogP contribution in [0.15, 0.2) is 36.1 Å². The van der Waals surface area contributed by atoms with E-state index in [-0.39, 0.29) is 43.1 Å². The van der Waals surface area contributed by atoms with Crippen LogP contribution in [-0.2, 0) is 23.7 Å². The first-order valence-electron chi connectivity index (χ1n) is 16.1. The van der Waals surface area contributed by atoms with Crippen LogP contribution in [0.3, 0.4) is 0 Å². The third-order valence-electron chi connectivity index (χ3n) is 9.21. The fraction of sp³-hybridized carbons (Fsp3) is 0.794. The standard InChI is InChI=1S/C34H56O6/c1-6-7-8-14-29(40-34-15-9-10-20-37-34)18-19-30-31-21-27(16-17-28(31)22-32(30)35)13-11-12-25(4)38-23-33(36)39-26(5)24(2)3/h11-13,24,26,28-32,34-35H,4,6-10,14-23H2,1-3,5H3/b12-11-,27-13+/t26?,28-,29-,30+,31-,32+,34?/m0/s1. The summed E-state index contributed by atoms with van der Waals surface area (Å²) in [5.74, 6) is 1.82. The largest absolute Gasteiger partial charge is 0.483 e. The number of fused-ring (bicyclic) bond motifs is 1. The number of hydrogen-bond acceptors (Lipinski definition) is 6. The van der Waals surface area contributed by atoms with Crippen molar-refractivity contribution in [2.45, 2.75) is 136 Å². The molecule has 2 aliphatic carbocycles. The first kappa shape index (κ1) is 32.9. The van der Waals surface area contributed by atoms with Crippen molar-refractivity contribution in [2.24, 2.45) is 23.7 Å².